The smallest absolute Gasteiger partial charge is 0.306 e. The number of carbonyl (C=O) groups is 2. The van der Waals surface area contributed by atoms with Crippen LogP contribution in [0.4, 0.5) is 5.69 Å². The predicted octanol–water partition coefficient (Wildman–Crippen LogP) is 6.16. The van der Waals surface area contributed by atoms with E-state index in [1.54, 1.807) is 24.3 Å². The van der Waals surface area contributed by atoms with Crippen molar-refractivity contribution in [2.45, 2.75) is 46.1 Å². The number of esters is 1. The van der Waals surface area contributed by atoms with Crippen LogP contribution in [0.15, 0.2) is 40.9 Å². The van der Waals surface area contributed by atoms with Gasteiger partial charge in [0, 0.05) is 16.5 Å². The Morgan fingerprint density at radius 2 is 1.90 bits per heavy atom. The van der Waals surface area contributed by atoms with E-state index in [2.05, 4.69) is 21.2 Å². The van der Waals surface area contributed by atoms with E-state index in [1.165, 1.54) is 0 Å². The molecule has 1 amide bonds. The van der Waals surface area contributed by atoms with E-state index in [9.17, 15) is 9.59 Å². The maximum atomic E-state index is 12.6. The highest BCUT2D eigenvalue weighted by Crippen LogP contribution is 2.30. The Morgan fingerprint density at radius 3 is 2.55 bits per heavy atom. The first-order chi connectivity index (χ1) is 13.6. The lowest BCUT2D eigenvalue weighted by Gasteiger charge is -2.19. The van der Waals surface area contributed by atoms with Gasteiger partial charge in [0.1, 0.15) is 11.4 Å². The molecular weight excluding hydrogens is 458 g/mol. The minimum absolute atomic E-state index is 0.257. The molecule has 0 aliphatic carbocycles. The second-order valence-corrected chi connectivity index (χ2v) is 8.83. The van der Waals surface area contributed by atoms with Crippen molar-refractivity contribution in [2.75, 3.05) is 11.9 Å². The van der Waals surface area contributed by atoms with Gasteiger partial charge in [-0.3, -0.25) is 9.59 Å². The monoisotopic (exact) mass is 481 g/mol. The Morgan fingerprint density at radius 1 is 1.17 bits per heavy atom. The van der Waals surface area contributed by atoms with E-state index in [-0.39, 0.29) is 18.3 Å². The molecule has 1 N–H and O–H groups in total. The molecule has 0 saturated carbocycles. The molecule has 2 aromatic carbocycles. The number of anilines is 1. The molecule has 29 heavy (non-hydrogen) atoms. The summed E-state index contributed by atoms with van der Waals surface area (Å²) in [6.45, 7) is 7.73. The Balaban J connectivity index is 2.00. The van der Waals surface area contributed by atoms with Gasteiger partial charge < -0.3 is 14.8 Å². The molecule has 2 aromatic rings. The molecule has 7 heteroatoms. The van der Waals surface area contributed by atoms with Crippen LogP contribution in [0.3, 0.4) is 0 Å². The average Bonchev–Trinajstić information content (AvgIpc) is 2.62. The van der Waals surface area contributed by atoms with Crippen molar-refractivity contribution in [1.82, 2.24) is 0 Å². The largest absolute Gasteiger partial charge is 0.491 e. The molecule has 0 aromatic heterocycles. The van der Waals surface area contributed by atoms with Crippen molar-refractivity contribution in [3.63, 3.8) is 0 Å². The van der Waals surface area contributed by atoms with Gasteiger partial charge >= 0.3 is 5.97 Å². The Hall–Kier alpha value is -2.05. The van der Waals surface area contributed by atoms with E-state index in [1.807, 2.05) is 39.8 Å². The highest BCUT2D eigenvalue weighted by Gasteiger charge is 2.16. The van der Waals surface area contributed by atoms with Crippen molar-refractivity contribution in [3.05, 3.63) is 57.0 Å². The second kappa shape index (κ2) is 10.1. The number of para-hydroxylation sites is 1. The first-order valence-electron chi connectivity index (χ1n) is 9.27. The zero-order chi connectivity index (χ0) is 21.6. The Bertz CT molecular complexity index is 893. The number of aryl methyl sites for hydroxylation is 1. The highest BCUT2D eigenvalue weighted by molar-refractivity contribution is 9.10. The van der Waals surface area contributed by atoms with Crippen LogP contribution in [-0.2, 0) is 9.53 Å². The van der Waals surface area contributed by atoms with E-state index < -0.39 is 5.60 Å². The van der Waals surface area contributed by atoms with Gasteiger partial charge in [0.25, 0.3) is 5.91 Å². The number of amides is 1. The predicted molar refractivity (Wildman–Crippen MR) is 119 cm³/mol. The zero-order valence-electron chi connectivity index (χ0n) is 17.0. The van der Waals surface area contributed by atoms with Crippen LogP contribution >= 0.6 is 27.5 Å². The van der Waals surface area contributed by atoms with Crippen molar-refractivity contribution >= 4 is 45.1 Å². The average molecular weight is 483 g/mol. The van der Waals surface area contributed by atoms with Gasteiger partial charge in [0.15, 0.2) is 0 Å². The third-order valence-electron chi connectivity index (χ3n) is 3.86. The third-order valence-corrected chi connectivity index (χ3v) is 5.07. The minimum atomic E-state index is -0.497. The lowest BCUT2D eigenvalue weighted by atomic mass is 10.1. The number of hydrogen-bond donors (Lipinski definition) is 1. The summed E-state index contributed by atoms with van der Waals surface area (Å²) in [7, 11) is 0. The summed E-state index contributed by atoms with van der Waals surface area (Å²) in [4.78, 5) is 24.4. The molecule has 0 radical (unpaired) electrons. The topological polar surface area (TPSA) is 64.6 Å². The molecule has 0 bridgehead atoms. The summed E-state index contributed by atoms with van der Waals surface area (Å²) < 4.78 is 11.8. The van der Waals surface area contributed by atoms with Crippen LogP contribution in [0.5, 0.6) is 5.75 Å². The third kappa shape index (κ3) is 7.37. The number of nitrogens with one attached hydrogen (secondary N) is 1. The SMILES string of the molecule is Cc1cccc(OCCCC(=O)OC(C)(C)C)c1NC(=O)c1ccc(Cl)c(Br)c1. The van der Waals surface area contributed by atoms with Crippen molar-refractivity contribution in [3.8, 4) is 5.75 Å². The molecule has 156 valence electrons. The molecular formula is C22H25BrClNO4. The number of halogens is 2. The van der Waals surface area contributed by atoms with Gasteiger partial charge in [0.2, 0.25) is 0 Å². The van der Waals surface area contributed by atoms with Crippen LogP contribution in [-0.4, -0.2) is 24.1 Å². The number of hydrogen-bond acceptors (Lipinski definition) is 4. The normalized spacial score (nSPS) is 11.1. The lowest BCUT2D eigenvalue weighted by molar-refractivity contribution is -0.155. The van der Waals surface area contributed by atoms with Gasteiger partial charge in [-0.15, -0.1) is 0 Å². The maximum absolute atomic E-state index is 12.6. The second-order valence-electron chi connectivity index (χ2n) is 7.57. The quantitative estimate of drug-likeness (QED) is 0.379. The van der Waals surface area contributed by atoms with E-state index in [0.29, 0.717) is 39.5 Å². The Kier molecular flexibility index (Phi) is 8.11. The van der Waals surface area contributed by atoms with Crippen LogP contribution in [0, 0.1) is 6.92 Å². The Labute approximate surface area is 184 Å². The van der Waals surface area contributed by atoms with E-state index in [0.717, 1.165) is 5.56 Å². The lowest BCUT2D eigenvalue weighted by Crippen LogP contribution is -2.24. The summed E-state index contributed by atoms with van der Waals surface area (Å²) >= 11 is 9.32. The summed E-state index contributed by atoms with van der Waals surface area (Å²) in [6.07, 6.45) is 0.782. The molecule has 0 aliphatic heterocycles. The molecule has 0 aliphatic rings. The van der Waals surface area contributed by atoms with Crippen molar-refractivity contribution < 1.29 is 19.1 Å². The summed E-state index contributed by atoms with van der Waals surface area (Å²) in [6, 6.07) is 10.5. The molecule has 0 fully saturated rings. The summed E-state index contributed by atoms with van der Waals surface area (Å²) in [5, 5.41) is 3.44. The number of rotatable bonds is 7. The molecule has 0 spiro atoms. The fourth-order valence-corrected chi connectivity index (χ4v) is 3.03. The van der Waals surface area contributed by atoms with E-state index >= 15 is 0 Å². The van der Waals surface area contributed by atoms with Crippen LogP contribution in [0.25, 0.3) is 0 Å². The minimum Gasteiger partial charge on any atom is -0.491 e. The number of carbonyl (C=O) groups excluding carboxylic acids is 2. The summed E-state index contributed by atoms with van der Waals surface area (Å²) in [5.41, 5.74) is 1.44. The zero-order valence-corrected chi connectivity index (χ0v) is 19.3. The number of benzene rings is 2. The van der Waals surface area contributed by atoms with Gasteiger partial charge in [-0.2, -0.15) is 0 Å². The summed E-state index contributed by atoms with van der Waals surface area (Å²) in [5.74, 6) is 0.0259. The van der Waals surface area contributed by atoms with Crippen molar-refractivity contribution in [2.24, 2.45) is 0 Å². The van der Waals surface area contributed by atoms with Gasteiger partial charge in [0.05, 0.1) is 17.3 Å². The molecule has 0 atom stereocenters. The first kappa shape index (κ1) is 23.2. The van der Waals surface area contributed by atoms with Crippen LogP contribution < -0.4 is 10.1 Å². The first-order valence-corrected chi connectivity index (χ1v) is 10.4. The molecule has 0 unspecified atom stereocenters. The van der Waals surface area contributed by atoms with Crippen LogP contribution in [0.2, 0.25) is 5.02 Å². The van der Waals surface area contributed by atoms with E-state index in [4.69, 9.17) is 21.1 Å². The highest BCUT2D eigenvalue weighted by atomic mass is 79.9. The molecule has 0 heterocycles. The fourth-order valence-electron chi connectivity index (χ4n) is 2.54. The van der Waals surface area contributed by atoms with Crippen LogP contribution in [0.1, 0.15) is 49.5 Å². The molecule has 2 rings (SSSR count). The standard InChI is InChI=1S/C22H25BrClNO4/c1-14-7-5-8-18(28-12-6-9-19(26)29-22(2,3)4)20(14)25-21(27)15-10-11-17(24)16(23)13-15/h5,7-8,10-11,13H,6,9,12H2,1-4H3,(H,25,27). The number of ether oxygens (including phenoxy) is 2. The molecule has 0 saturated heterocycles. The van der Waals surface area contributed by atoms with Gasteiger partial charge in [-0.1, -0.05) is 23.7 Å². The van der Waals surface area contributed by atoms with Gasteiger partial charge in [-0.25, -0.2) is 0 Å². The molecule has 5 nitrogen and oxygen atoms in total. The fraction of sp³-hybridized carbons (Fsp3) is 0.364. The maximum Gasteiger partial charge on any atom is 0.306 e. The van der Waals surface area contributed by atoms with Gasteiger partial charge in [-0.05, 0) is 79.9 Å². The van der Waals surface area contributed by atoms with Crippen molar-refractivity contribution in [1.29, 1.82) is 0 Å².